The maximum Gasteiger partial charge on any atom is 0.320 e. The molecule has 0 spiro atoms. The van der Waals surface area contributed by atoms with Gasteiger partial charge >= 0.3 is 5.97 Å². The molecule has 17 heavy (non-hydrogen) atoms. The number of rotatable bonds is 4. The molecule has 0 aliphatic carbocycles. The maximum absolute atomic E-state index is 12.7. The van der Waals surface area contributed by atoms with Gasteiger partial charge in [-0.15, -0.1) is 0 Å². The Morgan fingerprint density at radius 3 is 2.65 bits per heavy atom. The van der Waals surface area contributed by atoms with Crippen LogP contribution in [0.1, 0.15) is 5.56 Å². The van der Waals surface area contributed by atoms with Gasteiger partial charge in [0.25, 0.3) is 0 Å². The molecule has 1 aromatic carbocycles. The first-order chi connectivity index (χ1) is 7.84. The topological polar surface area (TPSA) is 86.5 Å². The van der Waals surface area contributed by atoms with E-state index in [1.54, 1.807) is 0 Å². The fourth-order valence-electron chi connectivity index (χ4n) is 1.22. The van der Waals surface area contributed by atoms with Crippen LogP contribution in [0.3, 0.4) is 0 Å². The number of benzene rings is 1. The van der Waals surface area contributed by atoms with Crippen LogP contribution < -0.4 is 5.73 Å². The van der Waals surface area contributed by atoms with Crippen molar-refractivity contribution in [2.75, 3.05) is 18.6 Å². The molecule has 0 bridgehead atoms. The van der Waals surface area contributed by atoms with Gasteiger partial charge in [0, 0.05) is 5.69 Å². The lowest BCUT2D eigenvalue weighted by molar-refractivity contribution is -0.137. The number of anilines is 1. The van der Waals surface area contributed by atoms with Crippen molar-refractivity contribution in [1.82, 2.24) is 0 Å². The maximum atomic E-state index is 12.7. The van der Waals surface area contributed by atoms with Gasteiger partial charge in [-0.1, -0.05) is 6.07 Å². The zero-order valence-corrected chi connectivity index (χ0v) is 9.96. The van der Waals surface area contributed by atoms with Crippen molar-refractivity contribution in [3.8, 4) is 0 Å². The number of nitrogens with two attached hydrogens (primary N) is 1. The van der Waals surface area contributed by atoms with Crippen molar-refractivity contribution in [2.24, 2.45) is 0 Å². The first kappa shape index (κ1) is 13.4. The highest BCUT2D eigenvalue weighted by Crippen LogP contribution is 2.16. The monoisotopic (exact) mass is 261 g/mol. The van der Waals surface area contributed by atoms with Crippen LogP contribution in [0, 0.1) is 5.82 Å². The average molecular weight is 261 g/mol. The Labute approximate surface area is 98.3 Å². The van der Waals surface area contributed by atoms with E-state index >= 15 is 0 Å². The molecule has 0 aliphatic heterocycles. The normalized spacial score (nSPS) is 11.2. The molecular formula is C10H12FNO4S. The summed E-state index contributed by atoms with van der Waals surface area (Å²) in [6, 6.07) is 3.42. The largest absolute Gasteiger partial charge is 0.468 e. The Morgan fingerprint density at radius 2 is 2.12 bits per heavy atom. The van der Waals surface area contributed by atoms with Crippen LogP contribution in [0.4, 0.5) is 10.1 Å². The first-order valence-corrected chi connectivity index (χ1v) is 6.47. The van der Waals surface area contributed by atoms with E-state index in [1.807, 2.05) is 0 Å². The number of hydrogen-bond acceptors (Lipinski definition) is 5. The van der Waals surface area contributed by atoms with Crippen molar-refractivity contribution in [3.05, 3.63) is 29.6 Å². The summed E-state index contributed by atoms with van der Waals surface area (Å²) in [6.45, 7) is 0. The second-order valence-corrected chi connectivity index (χ2v) is 5.52. The predicted octanol–water partition coefficient (Wildman–Crippen LogP) is 0.496. The van der Waals surface area contributed by atoms with Crippen molar-refractivity contribution in [1.29, 1.82) is 0 Å². The number of methoxy groups -OCH3 is 1. The highest BCUT2D eigenvalue weighted by Gasteiger charge is 2.19. The molecule has 7 heteroatoms. The van der Waals surface area contributed by atoms with E-state index in [0.29, 0.717) is 0 Å². The van der Waals surface area contributed by atoms with Crippen LogP contribution in [0.5, 0.6) is 0 Å². The first-order valence-electron chi connectivity index (χ1n) is 4.65. The van der Waals surface area contributed by atoms with Gasteiger partial charge in [-0.3, -0.25) is 4.79 Å². The highest BCUT2D eigenvalue weighted by atomic mass is 32.2. The quantitative estimate of drug-likeness (QED) is 0.630. The summed E-state index contributed by atoms with van der Waals surface area (Å²) in [4.78, 5) is 10.9. The number of carbonyl (C=O) groups excluding carboxylic acids is 1. The Morgan fingerprint density at radius 1 is 1.47 bits per heavy atom. The summed E-state index contributed by atoms with van der Waals surface area (Å²) < 4.78 is 40.1. The molecule has 0 aliphatic rings. The van der Waals surface area contributed by atoms with E-state index in [9.17, 15) is 17.6 Å². The fraction of sp³-hybridized carbons (Fsp3) is 0.300. The third kappa shape index (κ3) is 4.03. The number of hydrogen-bond donors (Lipinski definition) is 1. The molecule has 5 nitrogen and oxygen atoms in total. The zero-order valence-electron chi connectivity index (χ0n) is 9.14. The molecule has 0 saturated carbocycles. The lowest BCUT2D eigenvalue weighted by atomic mass is 10.2. The predicted molar refractivity (Wildman–Crippen MR) is 60.3 cm³/mol. The van der Waals surface area contributed by atoms with E-state index in [2.05, 4.69) is 4.74 Å². The molecule has 0 aromatic heterocycles. The Balaban J connectivity index is 2.87. The second kappa shape index (κ2) is 5.13. The molecule has 0 radical (unpaired) electrons. The second-order valence-electron chi connectivity index (χ2n) is 3.45. The summed E-state index contributed by atoms with van der Waals surface area (Å²) in [5, 5.41) is 0. The molecule has 0 atom stereocenters. The molecular weight excluding hydrogens is 249 g/mol. The van der Waals surface area contributed by atoms with Gasteiger partial charge in [0.15, 0.2) is 9.84 Å². The van der Waals surface area contributed by atoms with Crippen LogP contribution in [0.15, 0.2) is 18.2 Å². The van der Waals surface area contributed by atoms with Crippen LogP contribution in [-0.2, 0) is 25.1 Å². The minimum Gasteiger partial charge on any atom is -0.468 e. The van der Waals surface area contributed by atoms with Gasteiger partial charge in [0.1, 0.15) is 11.6 Å². The van der Waals surface area contributed by atoms with Gasteiger partial charge in [0.2, 0.25) is 0 Å². The number of halogens is 1. The SMILES string of the molecule is COC(=O)CS(=O)(=O)Cc1ccc(F)cc1N. The minimum absolute atomic E-state index is 0.0402. The average Bonchev–Trinajstić information content (AvgIpc) is 2.21. The third-order valence-electron chi connectivity index (χ3n) is 2.05. The molecule has 1 rings (SSSR count). The van der Waals surface area contributed by atoms with Gasteiger partial charge in [0.05, 0.1) is 12.9 Å². The smallest absolute Gasteiger partial charge is 0.320 e. The molecule has 0 heterocycles. The van der Waals surface area contributed by atoms with Crippen molar-refractivity contribution < 1.29 is 22.3 Å². The highest BCUT2D eigenvalue weighted by molar-refractivity contribution is 7.91. The molecule has 1 aromatic rings. The lowest BCUT2D eigenvalue weighted by Gasteiger charge is -2.06. The molecule has 0 unspecified atom stereocenters. The molecule has 0 saturated heterocycles. The summed E-state index contributed by atoms with van der Waals surface area (Å²) in [7, 11) is -2.56. The number of nitrogen functional groups attached to an aromatic ring is 1. The molecule has 2 N–H and O–H groups in total. The Kier molecular flexibility index (Phi) is 4.06. The van der Waals surface area contributed by atoms with Gasteiger partial charge in [-0.25, -0.2) is 12.8 Å². The summed E-state index contributed by atoms with van der Waals surface area (Å²) in [5.41, 5.74) is 5.77. The van der Waals surface area contributed by atoms with E-state index in [4.69, 9.17) is 5.73 Å². The summed E-state index contributed by atoms with van der Waals surface area (Å²) >= 11 is 0. The minimum atomic E-state index is -3.66. The van der Waals surface area contributed by atoms with Crippen LogP contribution in [-0.4, -0.2) is 27.2 Å². The Bertz CT molecular complexity index is 527. The van der Waals surface area contributed by atoms with Crippen molar-refractivity contribution >= 4 is 21.5 Å². The standard InChI is InChI=1S/C10H12FNO4S/c1-16-10(13)6-17(14,15)5-7-2-3-8(11)4-9(7)12/h2-4H,5-6,12H2,1H3. The lowest BCUT2D eigenvalue weighted by Crippen LogP contribution is -2.19. The van der Waals surface area contributed by atoms with E-state index < -0.39 is 33.1 Å². The van der Waals surface area contributed by atoms with Crippen molar-refractivity contribution in [2.45, 2.75) is 5.75 Å². The molecule has 0 fully saturated rings. The van der Waals surface area contributed by atoms with Crippen molar-refractivity contribution in [3.63, 3.8) is 0 Å². The Hall–Kier alpha value is -1.63. The van der Waals surface area contributed by atoms with Crippen LogP contribution in [0.25, 0.3) is 0 Å². The zero-order chi connectivity index (χ0) is 13.1. The summed E-state index contributed by atoms with van der Waals surface area (Å²) in [5.74, 6) is -2.53. The van der Waals surface area contributed by atoms with E-state index in [-0.39, 0.29) is 11.3 Å². The number of ether oxygens (including phenoxy) is 1. The fourth-order valence-corrected chi connectivity index (χ4v) is 2.54. The number of esters is 1. The summed E-state index contributed by atoms with van der Waals surface area (Å²) in [6.07, 6.45) is 0. The van der Waals surface area contributed by atoms with Gasteiger partial charge < -0.3 is 10.5 Å². The number of carbonyl (C=O) groups is 1. The van der Waals surface area contributed by atoms with Gasteiger partial charge in [-0.2, -0.15) is 0 Å². The number of sulfone groups is 1. The van der Waals surface area contributed by atoms with Crippen LogP contribution >= 0.6 is 0 Å². The van der Waals surface area contributed by atoms with E-state index in [1.165, 1.54) is 6.07 Å². The molecule has 94 valence electrons. The van der Waals surface area contributed by atoms with E-state index in [0.717, 1.165) is 19.2 Å². The van der Waals surface area contributed by atoms with Gasteiger partial charge in [-0.05, 0) is 17.7 Å². The van der Waals surface area contributed by atoms with Crippen LogP contribution in [0.2, 0.25) is 0 Å². The third-order valence-corrected chi connectivity index (χ3v) is 3.48. The molecule has 0 amide bonds.